The lowest BCUT2D eigenvalue weighted by atomic mass is 10.1. The molecule has 4 nitrogen and oxygen atoms in total. The van der Waals surface area contributed by atoms with Gasteiger partial charge in [0.2, 0.25) is 0 Å². The van der Waals surface area contributed by atoms with E-state index in [1.165, 1.54) is 0 Å². The standard InChI is InChI=1S/C15H12ClN3O/c16-13-3-1-2-4-14(13)19-15(20)18-10-12-7-5-11(9-17)6-8-12/h1-8H,10H2,(H2,18,19,20). The normalized spacial score (nSPS) is 9.60. The van der Waals surface area contributed by atoms with E-state index >= 15 is 0 Å². The molecule has 2 N–H and O–H groups in total. The highest BCUT2D eigenvalue weighted by Crippen LogP contribution is 2.20. The lowest BCUT2D eigenvalue weighted by Crippen LogP contribution is -2.28. The molecule has 0 aliphatic rings. The fourth-order valence-electron chi connectivity index (χ4n) is 1.61. The molecule has 0 saturated carbocycles. The molecule has 0 aliphatic carbocycles. The molecule has 0 fully saturated rings. The average Bonchev–Trinajstić information content (AvgIpc) is 2.48. The van der Waals surface area contributed by atoms with Crippen LogP contribution in [0.3, 0.4) is 0 Å². The van der Waals surface area contributed by atoms with Crippen molar-refractivity contribution in [3.05, 3.63) is 64.7 Å². The Morgan fingerprint density at radius 1 is 1.15 bits per heavy atom. The minimum atomic E-state index is -0.331. The summed E-state index contributed by atoms with van der Waals surface area (Å²) >= 11 is 5.95. The Labute approximate surface area is 122 Å². The SMILES string of the molecule is N#Cc1ccc(CNC(=O)Nc2ccccc2Cl)cc1. The topological polar surface area (TPSA) is 64.9 Å². The van der Waals surface area contributed by atoms with Gasteiger partial charge in [-0.25, -0.2) is 4.79 Å². The van der Waals surface area contributed by atoms with E-state index in [0.717, 1.165) is 5.56 Å². The minimum Gasteiger partial charge on any atom is -0.334 e. The van der Waals surface area contributed by atoms with Gasteiger partial charge in [0.15, 0.2) is 0 Å². The van der Waals surface area contributed by atoms with Crippen molar-refractivity contribution in [2.45, 2.75) is 6.54 Å². The third-order valence-corrected chi connectivity index (χ3v) is 2.99. The zero-order chi connectivity index (χ0) is 14.4. The molecule has 0 bridgehead atoms. The van der Waals surface area contributed by atoms with Gasteiger partial charge in [0, 0.05) is 6.54 Å². The van der Waals surface area contributed by atoms with Crippen LogP contribution in [0.2, 0.25) is 5.02 Å². The summed E-state index contributed by atoms with van der Waals surface area (Å²) in [6.07, 6.45) is 0. The molecular formula is C15H12ClN3O. The van der Waals surface area contributed by atoms with Gasteiger partial charge in [0.05, 0.1) is 22.3 Å². The largest absolute Gasteiger partial charge is 0.334 e. The van der Waals surface area contributed by atoms with Gasteiger partial charge in [-0.3, -0.25) is 0 Å². The first kappa shape index (κ1) is 13.9. The number of amides is 2. The molecule has 0 heterocycles. The molecule has 0 radical (unpaired) electrons. The van der Waals surface area contributed by atoms with Crippen molar-refractivity contribution < 1.29 is 4.79 Å². The van der Waals surface area contributed by atoms with Crippen molar-refractivity contribution >= 4 is 23.3 Å². The van der Waals surface area contributed by atoms with Crippen LogP contribution >= 0.6 is 11.6 Å². The lowest BCUT2D eigenvalue weighted by Gasteiger charge is -2.08. The second-order valence-electron chi connectivity index (χ2n) is 4.10. The van der Waals surface area contributed by atoms with Gasteiger partial charge >= 0.3 is 6.03 Å². The number of halogens is 1. The summed E-state index contributed by atoms with van der Waals surface area (Å²) in [5.74, 6) is 0. The summed E-state index contributed by atoms with van der Waals surface area (Å²) in [6.45, 7) is 0.377. The molecule has 0 aromatic heterocycles. The molecule has 0 saturated heterocycles. The zero-order valence-corrected chi connectivity index (χ0v) is 11.3. The number of rotatable bonds is 3. The number of hydrogen-bond acceptors (Lipinski definition) is 2. The van der Waals surface area contributed by atoms with Crippen LogP contribution in [-0.2, 0) is 6.54 Å². The number of nitrogens with zero attached hydrogens (tertiary/aromatic N) is 1. The first-order chi connectivity index (χ1) is 9.69. The minimum absolute atomic E-state index is 0.331. The smallest absolute Gasteiger partial charge is 0.319 e. The highest BCUT2D eigenvalue weighted by atomic mass is 35.5. The molecule has 0 spiro atoms. The Morgan fingerprint density at radius 3 is 2.50 bits per heavy atom. The molecule has 5 heteroatoms. The maximum atomic E-state index is 11.7. The molecule has 0 unspecified atom stereocenters. The third kappa shape index (κ3) is 3.74. The molecular weight excluding hydrogens is 274 g/mol. The Bertz CT molecular complexity index is 647. The van der Waals surface area contributed by atoms with Crippen molar-refractivity contribution in [3.8, 4) is 6.07 Å². The quantitative estimate of drug-likeness (QED) is 0.906. The van der Waals surface area contributed by atoms with E-state index in [2.05, 4.69) is 10.6 Å². The number of hydrogen-bond donors (Lipinski definition) is 2. The van der Waals surface area contributed by atoms with E-state index in [4.69, 9.17) is 16.9 Å². The van der Waals surface area contributed by atoms with Crippen LogP contribution in [0, 0.1) is 11.3 Å². The first-order valence-corrected chi connectivity index (χ1v) is 6.35. The molecule has 2 amide bonds. The van der Waals surface area contributed by atoms with Gasteiger partial charge in [0.1, 0.15) is 0 Å². The van der Waals surface area contributed by atoms with Gasteiger partial charge in [-0.05, 0) is 29.8 Å². The van der Waals surface area contributed by atoms with E-state index in [1.807, 2.05) is 6.07 Å². The lowest BCUT2D eigenvalue weighted by molar-refractivity contribution is 0.251. The second-order valence-corrected chi connectivity index (χ2v) is 4.50. The molecule has 20 heavy (non-hydrogen) atoms. The van der Waals surface area contributed by atoms with E-state index in [0.29, 0.717) is 22.8 Å². The van der Waals surface area contributed by atoms with Crippen LogP contribution in [0.4, 0.5) is 10.5 Å². The van der Waals surface area contributed by atoms with Gasteiger partial charge in [0.25, 0.3) is 0 Å². The highest BCUT2D eigenvalue weighted by Gasteiger charge is 2.04. The molecule has 2 rings (SSSR count). The number of carbonyl (C=O) groups excluding carboxylic acids is 1. The molecule has 2 aromatic carbocycles. The summed E-state index contributed by atoms with van der Waals surface area (Å²) in [5.41, 5.74) is 2.07. The Kier molecular flexibility index (Phi) is 4.59. The monoisotopic (exact) mass is 285 g/mol. The van der Waals surface area contributed by atoms with E-state index in [-0.39, 0.29) is 6.03 Å². The van der Waals surface area contributed by atoms with Crippen LogP contribution in [0.25, 0.3) is 0 Å². The number of urea groups is 1. The Balaban J connectivity index is 1.89. The zero-order valence-electron chi connectivity index (χ0n) is 10.6. The van der Waals surface area contributed by atoms with E-state index < -0.39 is 0 Å². The molecule has 2 aromatic rings. The fourth-order valence-corrected chi connectivity index (χ4v) is 1.79. The van der Waals surface area contributed by atoms with Crippen molar-refractivity contribution in [1.29, 1.82) is 5.26 Å². The van der Waals surface area contributed by atoms with Crippen molar-refractivity contribution in [2.24, 2.45) is 0 Å². The molecule has 0 aliphatic heterocycles. The summed E-state index contributed by atoms with van der Waals surface area (Å²) in [4.78, 5) is 11.7. The second kappa shape index (κ2) is 6.60. The molecule has 0 atom stereocenters. The summed E-state index contributed by atoms with van der Waals surface area (Å²) in [7, 11) is 0. The third-order valence-electron chi connectivity index (χ3n) is 2.66. The molecule has 100 valence electrons. The number of nitriles is 1. The number of nitrogens with one attached hydrogen (secondary N) is 2. The predicted molar refractivity (Wildman–Crippen MR) is 78.5 cm³/mol. The average molecular weight is 286 g/mol. The number of anilines is 1. The summed E-state index contributed by atoms with van der Waals surface area (Å²) in [5, 5.41) is 14.6. The van der Waals surface area contributed by atoms with Crippen LogP contribution in [0.5, 0.6) is 0 Å². The Morgan fingerprint density at radius 2 is 1.85 bits per heavy atom. The van der Waals surface area contributed by atoms with Gasteiger partial charge in [-0.1, -0.05) is 35.9 Å². The number of carbonyl (C=O) groups is 1. The summed E-state index contributed by atoms with van der Waals surface area (Å²) in [6, 6.07) is 15.8. The maximum absolute atomic E-state index is 11.7. The van der Waals surface area contributed by atoms with Crippen molar-refractivity contribution in [2.75, 3.05) is 5.32 Å². The van der Waals surface area contributed by atoms with Crippen molar-refractivity contribution in [1.82, 2.24) is 5.32 Å². The van der Waals surface area contributed by atoms with Gasteiger partial charge in [-0.2, -0.15) is 5.26 Å². The van der Waals surface area contributed by atoms with Gasteiger partial charge in [-0.15, -0.1) is 0 Å². The van der Waals surface area contributed by atoms with Crippen LogP contribution in [0.15, 0.2) is 48.5 Å². The predicted octanol–water partition coefficient (Wildman–Crippen LogP) is 3.53. The fraction of sp³-hybridized carbons (Fsp3) is 0.0667. The van der Waals surface area contributed by atoms with Crippen LogP contribution < -0.4 is 10.6 Å². The van der Waals surface area contributed by atoms with E-state index in [9.17, 15) is 4.79 Å². The van der Waals surface area contributed by atoms with Gasteiger partial charge < -0.3 is 10.6 Å². The van der Waals surface area contributed by atoms with Crippen molar-refractivity contribution in [3.63, 3.8) is 0 Å². The number of benzene rings is 2. The van der Waals surface area contributed by atoms with Crippen LogP contribution in [-0.4, -0.2) is 6.03 Å². The maximum Gasteiger partial charge on any atom is 0.319 e. The van der Waals surface area contributed by atoms with Crippen LogP contribution in [0.1, 0.15) is 11.1 Å². The summed E-state index contributed by atoms with van der Waals surface area (Å²) < 4.78 is 0. The number of para-hydroxylation sites is 1. The Hall–Kier alpha value is -2.51. The first-order valence-electron chi connectivity index (χ1n) is 5.97. The highest BCUT2D eigenvalue weighted by molar-refractivity contribution is 6.33. The van der Waals surface area contributed by atoms with E-state index in [1.54, 1.807) is 48.5 Å².